The minimum atomic E-state index is -3.22. The molecule has 0 aliphatic heterocycles. The van der Waals surface area contributed by atoms with Crippen molar-refractivity contribution in [3.05, 3.63) is 102 Å². The smallest absolute Gasteiger partial charge is 0.178 e. The molecule has 0 saturated heterocycles. The van der Waals surface area contributed by atoms with E-state index in [9.17, 15) is 8.42 Å². The monoisotopic (exact) mass is 379 g/mol. The molecule has 3 aromatic carbocycles. The Bertz CT molecular complexity index is 910. The maximum absolute atomic E-state index is 12.4. The molecule has 1 N–H and O–H groups in total. The van der Waals surface area contributed by atoms with Gasteiger partial charge in [-0.15, -0.1) is 0 Å². The lowest BCUT2D eigenvalue weighted by atomic mass is 9.99. The molecular formula is C23H25NO2S. The van der Waals surface area contributed by atoms with Crippen molar-refractivity contribution in [2.45, 2.75) is 23.8 Å². The van der Waals surface area contributed by atoms with E-state index in [1.807, 2.05) is 42.5 Å². The predicted octanol–water partition coefficient (Wildman–Crippen LogP) is 4.42. The lowest BCUT2D eigenvalue weighted by Crippen LogP contribution is -2.26. The molecule has 3 nitrogen and oxygen atoms in total. The van der Waals surface area contributed by atoms with Crippen LogP contribution in [0.1, 0.15) is 23.6 Å². The predicted molar refractivity (Wildman–Crippen MR) is 110 cm³/mol. The van der Waals surface area contributed by atoms with Crippen LogP contribution in [0.3, 0.4) is 0 Å². The van der Waals surface area contributed by atoms with Crippen LogP contribution in [-0.2, 0) is 16.3 Å². The van der Waals surface area contributed by atoms with Crippen LogP contribution in [0.25, 0.3) is 0 Å². The third-order valence-corrected chi connectivity index (χ3v) is 6.38. The Morgan fingerprint density at radius 2 is 1.30 bits per heavy atom. The fraction of sp³-hybridized carbons (Fsp3) is 0.217. The highest BCUT2D eigenvalue weighted by Gasteiger charge is 2.15. The standard InChI is InChI=1S/C23H25NO2S/c25-27(26,22-15-8-3-9-16-22)18-10-17-24-23(21-13-6-2-7-14-21)19-20-11-4-1-5-12-20/h1-9,11-16,23-24H,10,17-19H2/t23-/m1/s1. The number of hydrogen-bond donors (Lipinski definition) is 1. The van der Waals surface area contributed by atoms with Gasteiger partial charge in [-0.1, -0.05) is 78.9 Å². The lowest BCUT2D eigenvalue weighted by molar-refractivity contribution is 0.526. The van der Waals surface area contributed by atoms with Crippen molar-refractivity contribution in [3.63, 3.8) is 0 Å². The van der Waals surface area contributed by atoms with E-state index in [1.165, 1.54) is 11.1 Å². The maximum Gasteiger partial charge on any atom is 0.178 e. The Balaban J connectivity index is 1.60. The molecule has 0 aliphatic carbocycles. The first kappa shape index (κ1) is 19.3. The maximum atomic E-state index is 12.4. The van der Waals surface area contributed by atoms with Gasteiger partial charge in [0.15, 0.2) is 9.84 Å². The first-order valence-electron chi connectivity index (χ1n) is 9.25. The van der Waals surface area contributed by atoms with Gasteiger partial charge in [0.05, 0.1) is 10.6 Å². The van der Waals surface area contributed by atoms with Gasteiger partial charge in [0.25, 0.3) is 0 Å². The zero-order chi connectivity index (χ0) is 19.0. The zero-order valence-electron chi connectivity index (χ0n) is 15.3. The average Bonchev–Trinajstić information content (AvgIpc) is 2.72. The van der Waals surface area contributed by atoms with Gasteiger partial charge in [-0.25, -0.2) is 8.42 Å². The van der Waals surface area contributed by atoms with Crippen LogP contribution in [0.4, 0.5) is 0 Å². The fourth-order valence-corrected chi connectivity index (χ4v) is 4.46. The average molecular weight is 380 g/mol. The van der Waals surface area contributed by atoms with Gasteiger partial charge in [0.1, 0.15) is 0 Å². The third-order valence-electron chi connectivity index (χ3n) is 4.57. The van der Waals surface area contributed by atoms with Crippen molar-refractivity contribution in [1.82, 2.24) is 5.32 Å². The summed E-state index contributed by atoms with van der Waals surface area (Å²) in [6.07, 6.45) is 1.45. The topological polar surface area (TPSA) is 46.2 Å². The summed E-state index contributed by atoms with van der Waals surface area (Å²) in [4.78, 5) is 0.397. The van der Waals surface area contributed by atoms with E-state index in [0.717, 1.165) is 6.42 Å². The van der Waals surface area contributed by atoms with E-state index >= 15 is 0 Å². The SMILES string of the molecule is O=S(=O)(CCCN[C@H](Cc1ccccc1)c1ccccc1)c1ccccc1. The van der Waals surface area contributed by atoms with Crippen LogP contribution >= 0.6 is 0 Å². The van der Waals surface area contributed by atoms with E-state index in [2.05, 4.69) is 29.6 Å². The van der Waals surface area contributed by atoms with Crippen molar-refractivity contribution >= 4 is 9.84 Å². The van der Waals surface area contributed by atoms with Gasteiger partial charge in [-0.3, -0.25) is 0 Å². The molecule has 4 heteroatoms. The van der Waals surface area contributed by atoms with Crippen LogP contribution in [0.5, 0.6) is 0 Å². The summed E-state index contributed by atoms with van der Waals surface area (Å²) < 4.78 is 24.8. The van der Waals surface area contributed by atoms with Crippen molar-refractivity contribution < 1.29 is 8.42 Å². The minimum absolute atomic E-state index is 0.150. The molecule has 140 valence electrons. The van der Waals surface area contributed by atoms with Crippen LogP contribution in [0.2, 0.25) is 0 Å². The van der Waals surface area contributed by atoms with Gasteiger partial charge < -0.3 is 5.32 Å². The van der Waals surface area contributed by atoms with E-state index in [1.54, 1.807) is 24.3 Å². The number of benzene rings is 3. The second-order valence-corrected chi connectivity index (χ2v) is 8.70. The molecule has 0 aromatic heterocycles. The number of sulfone groups is 1. The van der Waals surface area contributed by atoms with Crippen LogP contribution in [0.15, 0.2) is 95.9 Å². The Hall–Kier alpha value is -2.43. The van der Waals surface area contributed by atoms with Crippen molar-refractivity contribution in [3.8, 4) is 0 Å². The Labute approximate surface area is 162 Å². The van der Waals surface area contributed by atoms with Crippen LogP contribution < -0.4 is 5.32 Å². The van der Waals surface area contributed by atoms with Crippen LogP contribution in [-0.4, -0.2) is 20.7 Å². The van der Waals surface area contributed by atoms with Crippen molar-refractivity contribution in [2.24, 2.45) is 0 Å². The lowest BCUT2D eigenvalue weighted by Gasteiger charge is -2.19. The quantitative estimate of drug-likeness (QED) is 0.560. The summed E-state index contributed by atoms with van der Waals surface area (Å²) in [6.45, 7) is 0.651. The fourth-order valence-electron chi connectivity index (χ4n) is 3.13. The van der Waals surface area contributed by atoms with E-state index in [0.29, 0.717) is 17.9 Å². The summed E-state index contributed by atoms with van der Waals surface area (Å²) in [7, 11) is -3.22. The summed E-state index contributed by atoms with van der Waals surface area (Å²) >= 11 is 0. The minimum Gasteiger partial charge on any atom is -0.310 e. The van der Waals surface area contributed by atoms with Gasteiger partial charge >= 0.3 is 0 Å². The number of nitrogens with one attached hydrogen (secondary N) is 1. The molecule has 0 aliphatic rings. The highest BCUT2D eigenvalue weighted by molar-refractivity contribution is 7.91. The van der Waals surface area contributed by atoms with Gasteiger partial charge in [-0.2, -0.15) is 0 Å². The summed E-state index contributed by atoms with van der Waals surface area (Å²) in [6, 6.07) is 29.5. The van der Waals surface area contributed by atoms with Gasteiger partial charge in [-0.05, 0) is 42.6 Å². The van der Waals surface area contributed by atoms with E-state index in [-0.39, 0.29) is 11.8 Å². The highest BCUT2D eigenvalue weighted by atomic mass is 32.2. The highest BCUT2D eigenvalue weighted by Crippen LogP contribution is 2.18. The van der Waals surface area contributed by atoms with Gasteiger partial charge in [0, 0.05) is 6.04 Å². The Kier molecular flexibility index (Phi) is 6.80. The molecule has 3 rings (SSSR count). The van der Waals surface area contributed by atoms with Crippen molar-refractivity contribution in [1.29, 1.82) is 0 Å². The molecule has 3 aromatic rings. The number of hydrogen-bond acceptors (Lipinski definition) is 3. The largest absolute Gasteiger partial charge is 0.310 e. The molecular weight excluding hydrogens is 354 g/mol. The molecule has 0 bridgehead atoms. The molecule has 0 unspecified atom stereocenters. The summed E-state index contributed by atoms with van der Waals surface area (Å²) in [5.74, 6) is 0.150. The van der Waals surface area contributed by atoms with Gasteiger partial charge in [0.2, 0.25) is 0 Å². The molecule has 0 saturated carbocycles. The summed E-state index contributed by atoms with van der Waals surface area (Å²) in [5, 5.41) is 3.54. The first-order chi connectivity index (χ1) is 13.1. The Morgan fingerprint density at radius 3 is 1.93 bits per heavy atom. The van der Waals surface area contributed by atoms with E-state index in [4.69, 9.17) is 0 Å². The third kappa shape index (κ3) is 5.78. The summed E-state index contributed by atoms with van der Waals surface area (Å²) in [5.41, 5.74) is 2.48. The molecule has 27 heavy (non-hydrogen) atoms. The molecule has 0 spiro atoms. The second kappa shape index (κ2) is 9.49. The Morgan fingerprint density at radius 1 is 0.741 bits per heavy atom. The molecule has 0 heterocycles. The normalized spacial score (nSPS) is 12.6. The van der Waals surface area contributed by atoms with E-state index < -0.39 is 9.84 Å². The molecule has 0 radical (unpaired) electrons. The zero-order valence-corrected chi connectivity index (χ0v) is 16.1. The van der Waals surface area contributed by atoms with Crippen molar-refractivity contribution in [2.75, 3.05) is 12.3 Å². The molecule has 1 atom stereocenters. The first-order valence-corrected chi connectivity index (χ1v) is 10.9. The second-order valence-electron chi connectivity index (χ2n) is 6.59. The molecule has 0 fully saturated rings. The number of rotatable bonds is 9. The van der Waals surface area contributed by atoms with Crippen LogP contribution in [0, 0.1) is 0 Å². The molecule has 0 amide bonds.